The Bertz CT molecular complexity index is 735. The van der Waals surface area contributed by atoms with E-state index in [1.54, 1.807) is 0 Å². The maximum atomic E-state index is 13.0. The second-order valence-corrected chi connectivity index (χ2v) is 7.22. The maximum absolute atomic E-state index is 13.0. The van der Waals surface area contributed by atoms with Crippen molar-refractivity contribution >= 4 is 11.4 Å². The van der Waals surface area contributed by atoms with Gasteiger partial charge in [0.2, 0.25) is 0 Å². The van der Waals surface area contributed by atoms with Crippen LogP contribution in [0.5, 0.6) is 0 Å². The average molecular weight is 310 g/mol. The van der Waals surface area contributed by atoms with E-state index >= 15 is 0 Å². The summed E-state index contributed by atoms with van der Waals surface area (Å²) in [5, 5.41) is 10.9. The van der Waals surface area contributed by atoms with Gasteiger partial charge in [0.15, 0.2) is 5.78 Å². The SMILES string of the molecule is C=CC1CC2OC1[C@H]1C(O)=C(c3c(C)cc(C)cc3C)C(=O)[C@@H]21. The minimum absolute atomic E-state index is 0.0533. The molecule has 1 N–H and O–H groups in total. The molecule has 23 heavy (non-hydrogen) atoms. The fraction of sp³-hybridized carbons (Fsp3) is 0.450. The largest absolute Gasteiger partial charge is 0.511 e. The van der Waals surface area contributed by atoms with Crippen LogP contribution < -0.4 is 0 Å². The molecule has 3 nitrogen and oxygen atoms in total. The van der Waals surface area contributed by atoms with Crippen molar-refractivity contribution in [1.82, 2.24) is 0 Å². The number of ether oxygens (including phenoxy) is 1. The minimum atomic E-state index is -0.216. The summed E-state index contributed by atoms with van der Waals surface area (Å²) in [6.07, 6.45) is 2.56. The fourth-order valence-electron chi connectivity index (χ4n) is 4.95. The number of Topliss-reactive ketones (excluding diaryl/α,β-unsaturated/α-hetero) is 1. The number of aryl methyl sites for hydroxylation is 3. The molecular formula is C20H22O3. The normalized spacial score (nSPS) is 35.1. The third-order valence-electron chi connectivity index (χ3n) is 5.75. The third-order valence-corrected chi connectivity index (χ3v) is 5.75. The van der Waals surface area contributed by atoms with E-state index in [0.29, 0.717) is 5.57 Å². The molecule has 0 amide bonds. The molecule has 3 aliphatic rings. The number of ketones is 1. The number of allylic oxidation sites excluding steroid dienone is 1. The van der Waals surface area contributed by atoms with E-state index in [4.69, 9.17) is 4.74 Å². The molecule has 0 saturated carbocycles. The lowest BCUT2D eigenvalue weighted by Crippen LogP contribution is -2.33. The molecule has 0 spiro atoms. The van der Waals surface area contributed by atoms with Crippen LogP contribution in [-0.2, 0) is 9.53 Å². The summed E-state index contributed by atoms with van der Waals surface area (Å²) in [6.45, 7) is 9.94. The zero-order chi connectivity index (χ0) is 16.5. The summed E-state index contributed by atoms with van der Waals surface area (Å²) >= 11 is 0. The number of hydrogen-bond acceptors (Lipinski definition) is 3. The average Bonchev–Trinajstić information content (AvgIpc) is 3.12. The summed E-state index contributed by atoms with van der Waals surface area (Å²) in [6, 6.07) is 4.14. The van der Waals surface area contributed by atoms with Crippen molar-refractivity contribution in [2.24, 2.45) is 17.8 Å². The van der Waals surface area contributed by atoms with Crippen LogP contribution in [0.25, 0.3) is 5.57 Å². The van der Waals surface area contributed by atoms with Crippen LogP contribution in [0.4, 0.5) is 0 Å². The first-order valence-corrected chi connectivity index (χ1v) is 8.27. The van der Waals surface area contributed by atoms with Gasteiger partial charge in [-0.25, -0.2) is 0 Å². The van der Waals surface area contributed by atoms with Gasteiger partial charge < -0.3 is 9.84 Å². The molecule has 1 aliphatic carbocycles. The van der Waals surface area contributed by atoms with E-state index in [1.807, 2.05) is 26.8 Å². The molecule has 3 unspecified atom stereocenters. The Balaban J connectivity index is 1.85. The van der Waals surface area contributed by atoms with Crippen LogP contribution in [0.2, 0.25) is 0 Å². The molecule has 2 fully saturated rings. The molecule has 1 aromatic carbocycles. The number of carbonyl (C=O) groups is 1. The predicted molar refractivity (Wildman–Crippen MR) is 89.2 cm³/mol. The van der Waals surface area contributed by atoms with Gasteiger partial charge in [-0.05, 0) is 43.9 Å². The number of hydrogen-bond donors (Lipinski definition) is 1. The lowest BCUT2D eigenvalue weighted by atomic mass is 9.75. The molecule has 3 heteroatoms. The molecule has 2 bridgehead atoms. The number of fused-ring (bicyclic) bond motifs is 5. The van der Waals surface area contributed by atoms with E-state index in [0.717, 1.165) is 23.1 Å². The first-order valence-electron chi connectivity index (χ1n) is 8.27. The summed E-state index contributed by atoms with van der Waals surface area (Å²) in [5.41, 5.74) is 4.70. The highest BCUT2D eigenvalue weighted by Crippen LogP contribution is 2.56. The van der Waals surface area contributed by atoms with Gasteiger partial charge >= 0.3 is 0 Å². The lowest BCUT2D eigenvalue weighted by molar-refractivity contribution is -0.118. The molecule has 0 radical (unpaired) electrons. The van der Waals surface area contributed by atoms with Crippen molar-refractivity contribution in [2.75, 3.05) is 0 Å². The minimum Gasteiger partial charge on any atom is -0.511 e. The van der Waals surface area contributed by atoms with Gasteiger partial charge in [-0.2, -0.15) is 0 Å². The predicted octanol–water partition coefficient (Wildman–Crippen LogP) is 3.67. The van der Waals surface area contributed by atoms with Crippen molar-refractivity contribution < 1.29 is 14.6 Å². The van der Waals surface area contributed by atoms with Crippen molar-refractivity contribution in [3.8, 4) is 0 Å². The molecule has 4 rings (SSSR count). The first-order chi connectivity index (χ1) is 10.9. The number of benzene rings is 1. The van der Waals surface area contributed by atoms with Crippen molar-refractivity contribution in [1.29, 1.82) is 0 Å². The van der Waals surface area contributed by atoms with Gasteiger partial charge in [0.05, 0.1) is 29.6 Å². The molecular weight excluding hydrogens is 288 g/mol. The van der Waals surface area contributed by atoms with E-state index < -0.39 is 0 Å². The second-order valence-electron chi connectivity index (χ2n) is 7.22. The van der Waals surface area contributed by atoms with Crippen LogP contribution in [0.15, 0.2) is 30.5 Å². The van der Waals surface area contributed by atoms with Crippen LogP contribution in [0.1, 0.15) is 28.7 Å². The zero-order valence-electron chi connectivity index (χ0n) is 13.8. The lowest BCUT2D eigenvalue weighted by Gasteiger charge is -2.25. The van der Waals surface area contributed by atoms with Crippen LogP contribution in [-0.4, -0.2) is 23.1 Å². The topological polar surface area (TPSA) is 46.5 Å². The Morgan fingerprint density at radius 3 is 2.48 bits per heavy atom. The molecule has 5 atom stereocenters. The van der Waals surface area contributed by atoms with Crippen LogP contribution in [0, 0.1) is 38.5 Å². The van der Waals surface area contributed by atoms with Crippen molar-refractivity contribution in [2.45, 2.75) is 39.4 Å². The Morgan fingerprint density at radius 1 is 1.22 bits per heavy atom. The first kappa shape index (κ1) is 14.7. The standard InChI is InChI=1S/C20H22O3/c1-5-12-8-13-15-17(20(12)23-13)19(22)16(18(15)21)14-10(3)6-9(2)7-11(14)4/h5-7,12-13,15,17,20,22H,1,8H2,2-4H3/t12?,13?,15-,17+,20?/m0/s1. The molecule has 0 aromatic heterocycles. The van der Waals surface area contributed by atoms with E-state index in [1.165, 1.54) is 5.56 Å². The Kier molecular flexibility index (Phi) is 3.08. The number of carbonyl (C=O) groups excluding carboxylic acids is 1. The van der Waals surface area contributed by atoms with E-state index in [9.17, 15) is 9.90 Å². The van der Waals surface area contributed by atoms with Crippen molar-refractivity contribution in [3.05, 3.63) is 52.8 Å². The Labute approximate surface area is 136 Å². The highest BCUT2D eigenvalue weighted by Gasteiger charge is 2.61. The number of aliphatic hydroxyl groups is 1. The smallest absolute Gasteiger partial charge is 0.173 e. The van der Waals surface area contributed by atoms with E-state index in [-0.39, 0.29) is 41.5 Å². The van der Waals surface area contributed by atoms with Crippen molar-refractivity contribution in [3.63, 3.8) is 0 Å². The Morgan fingerprint density at radius 2 is 1.87 bits per heavy atom. The summed E-state index contributed by atoms with van der Waals surface area (Å²) in [7, 11) is 0. The molecule has 2 saturated heterocycles. The molecule has 2 heterocycles. The highest BCUT2D eigenvalue weighted by molar-refractivity contribution is 6.26. The monoisotopic (exact) mass is 310 g/mol. The summed E-state index contributed by atoms with van der Waals surface area (Å²) < 4.78 is 5.96. The maximum Gasteiger partial charge on any atom is 0.173 e. The second kappa shape index (κ2) is 4.81. The fourth-order valence-corrected chi connectivity index (χ4v) is 4.95. The third kappa shape index (κ3) is 1.83. The van der Waals surface area contributed by atoms with Gasteiger partial charge in [0.1, 0.15) is 5.76 Å². The summed E-state index contributed by atoms with van der Waals surface area (Å²) in [4.78, 5) is 13.0. The van der Waals surface area contributed by atoms with Crippen LogP contribution >= 0.6 is 0 Å². The van der Waals surface area contributed by atoms with Gasteiger partial charge in [-0.15, -0.1) is 6.58 Å². The van der Waals surface area contributed by atoms with Gasteiger partial charge in [-0.1, -0.05) is 23.8 Å². The number of rotatable bonds is 2. The van der Waals surface area contributed by atoms with Crippen LogP contribution in [0.3, 0.4) is 0 Å². The summed E-state index contributed by atoms with van der Waals surface area (Å²) in [5.74, 6) is 0.105. The van der Waals surface area contributed by atoms with Gasteiger partial charge in [0.25, 0.3) is 0 Å². The molecule has 2 aliphatic heterocycles. The highest BCUT2D eigenvalue weighted by atomic mass is 16.5. The quantitative estimate of drug-likeness (QED) is 0.848. The molecule has 120 valence electrons. The molecule has 1 aromatic rings. The van der Waals surface area contributed by atoms with E-state index in [2.05, 4.69) is 18.7 Å². The van der Waals surface area contributed by atoms with Gasteiger partial charge in [-0.3, -0.25) is 4.79 Å². The Hall–Kier alpha value is -1.87. The zero-order valence-corrected chi connectivity index (χ0v) is 13.8. The van der Waals surface area contributed by atoms with Gasteiger partial charge in [0, 0.05) is 5.92 Å². The number of aliphatic hydroxyl groups excluding tert-OH is 1.